The predicted octanol–water partition coefficient (Wildman–Crippen LogP) is 2.10. The van der Waals surface area contributed by atoms with Crippen molar-refractivity contribution < 1.29 is 22.5 Å². The fraction of sp³-hybridized carbons (Fsp3) is 0.538. The Morgan fingerprint density at radius 1 is 1.40 bits per heavy atom. The van der Waals surface area contributed by atoms with E-state index in [2.05, 4.69) is 5.32 Å². The number of hydrogen-bond acceptors (Lipinski definition) is 3. The van der Waals surface area contributed by atoms with Crippen LogP contribution in [0.4, 0.5) is 13.2 Å². The van der Waals surface area contributed by atoms with Crippen molar-refractivity contribution in [2.75, 3.05) is 18.6 Å². The number of hydrogen-bond donors (Lipinski definition) is 2. The van der Waals surface area contributed by atoms with Gasteiger partial charge >= 0.3 is 6.18 Å². The minimum absolute atomic E-state index is 0.0821. The summed E-state index contributed by atoms with van der Waals surface area (Å²) >= 11 is 0. The molecule has 3 atom stereocenters. The fourth-order valence-corrected chi connectivity index (χ4v) is 2.59. The Bertz CT molecular complexity index is 465. The number of aliphatic hydroxyl groups excluding tert-OH is 1. The molecular formula is C13H18F3NO2S. The Kier molecular flexibility index (Phi) is 6.16. The molecule has 0 spiro atoms. The molecule has 0 bridgehead atoms. The molecule has 7 heteroatoms. The normalized spacial score (nSPS) is 16.7. The topological polar surface area (TPSA) is 49.3 Å². The molecule has 0 aliphatic rings. The van der Waals surface area contributed by atoms with Gasteiger partial charge in [0.2, 0.25) is 0 Å². The van der Waals surface area contributed by atoms with Gasteiger partial charge in [0, 0.05) is 35.4 Å². The average Bonchev–Trinajstić information content (AvgIpc) is 2.34. The molecule has 0 radical (unpaired) electrons. The summed E-state index contributed by atoms with van der Waals surface area (Å²) in [6.07, 6.45) is -3.89. The highest BCUT2D eigenvalue weighted by Gasteiger charge is 2.30. The van der Waals surface area contributed by atoms with Crippen LogP contribution in [0.25, 0.3) is 0 Å². The first-order chi connectivity index (χ1) is 9.20. The van der Waals surface area contributed by atoms with Crippen molar-refractivity contribution >= 4 is 10.8 Å². The fourth-order valence-electron chi connectivity index (χ4n) is 1.76. The average molecular weight is 309 g/mol. The molecule has 3 unspecified atom stereocenters. The molecule has 0 aliphatic carbocycles. The highest BCUT2D eigenvalue weighted by atomic mass is 32.2. The first-order valence-corrected chi connectivity index (χ1v) is 7.81. The van der Waals surface area contributed by atoms with Crippen LogP contribution in [0.5, 0.6) is 0 Å². The second-order valence-electron chi connectivity index (χ2n) is 4.69. The maximum atomic E-state index is 12.6. The zero-order valence-electron chi connectivity index (χ0n) is 11.3. The third-order valence-corrected chi connectivity index (χ3v) is 3.71. The summed E-state index contributed by atoms with van der Waals surface area (Å²) in [5, 5.41) is 12.8. The lowest BCUT2D eigenvalue weighted by Crippen LogP contribution is -2.34. The summed E-state index contributed by atoms with van der Waals surface area (Å²) in [7, 11) is -0.963. The number of aliphatic hydroxyl groups is 1. The van der Waals surface area contributed by atoms with Gasteiger partial charge in [0.05, 0.1) is 11.7 Å². The first kappa shape index (κ1) is 17.1. The molecule has 114 valence electrons. The monoisotopic (exact) mass is 309 g/mol. The lowest BCUT2D eigenvalue weighted by Gasteiger charge is -2.17. The number of rotatable bonds is 6. The van der Waals surface area contributed by atoms with Crippen LogP contribution in [0.3, 0.4) is 0 Å². The van der Waals surface area contributed by atoms with Gasteiger partial charge in [0.1, 0.15) is 0 Å². The zero-order chi connectivity index (χ0) is 15.3. The van der Waals surface area contributed by atoms with Crippen molar-refractivity contribution in [3.63, 3.8) is 0 Å². The van der Waals surface area contributed by atoms with E-state index in [1.807, 2.05) is 0 Å². The van der Waals surface area contributed by atoms with E-state index in [1.54, 1.807) is 13.2 Å². The summed E-state index contributed by atoms with van der Waals surface area (Å²) < 4.78 is 48.7. The second kappa shape index (κ2) is 7.19. The Morgan fingerprint density at radius 2 is 2.05 bits per heavy atom. The number of alkyl halides is 3. The molecular weight excluding hydrogens is 291 g/mol. The number of benzene rings is 1. The van der Waals surface area contributed by atoms with E-state index in [-0.39, 0.29) is 18.2 Å². The largest absolute Gasteiger partial charge is 0.416 e. The van der Waals surface area contributed by atoms with Crippen molar-refractivity contribution in [2.24, 2.45) is 0 Å². The minimum Gasteiger partial charge on any atom is -0.387 e. The van der Waals surface area contributed by atoms with Crippen molar-refractivity contribution in [1.82, 2.24) is 5.32 Å². The zero-order valence-corrected chi connectivity index (χ0v) is 12.1. The van der Waals surface area contributed by atoms with Crippen LogP contribution in [0.2, 0.25) is 0 Å². The third kappa shape index (κ3) is 5.60. The van der Waals surface area contributed by atoms with Crippen LogP contribution in [0, 0.1) is 0 Å². The summed E-state index contributed by atoms with van der Waals surface area (Å²) in [6, 6.07) is 4.54. The van der Waals surface area contributed by atoms with Crippen molar-refractivity contribution in [3.05, 3.63) is 35.4 Å². The van der Waals surface area contributed by atoms with Crippen molar-refractivity contribution in [3.8, 4) is 0 Å². The Balaban J connectivity index is 2.64. The third-order valence-electron chi connectivity index (χ3n) is 2.74. The number of halogens is 3. The summed E-state index contributed by atoms with van der Waals surface area (Å²) in [4.78, 5) is 0. The van der Waals surface area contributed by atoms with E-state index in [1.165, 1.54) is 12.1 Å². The van der Waals surface area contributed by atoms with Gasteiger partial charge in [-0.25, -0.2) is 0 Å². The summed E-state index contributed by atoms with van der Waals surface area (Å²) in [5.74, 6) is 0.426. The van der Waals surface area contributed by atoms with Crippen molar-refractivity contribution in [2.45, 2.75) is 25.2 Å². The maximum absolute atomic E-state index is 12.6. The Hall–Kier alpha value is -0.920. The maximum Gasteiger partial charge on any atom is 0.416 e. The molecule has 0 aromatic heterocycles. The smallest absolute Gasteiger partial charge is 0.387 e. The Morgan fingerprint density at radius 3 is 2.60 bits per heavy atom. The van der Waals surface area contributed by atoms with Gasteiger partial charge in [-0.1, -0.05) is 12.1 Å². The molecule has 0 saturated carbocycles. The minimum atomic E-state index is -4.42. The van der Waals surface area contributed by atoms with Gasteiger partial charge in [-0.05, 0) is 24.6 Å². The molecule has 1 aromatic rings. The van der Waals surface area contributed by atoms with Gasteiger partial charge < -0.3 is 10.4 Å². The van der Waals surface area contributed by atoms with E-state index in [9.17, 15) is 22.5 Å². The van der Waals surface area contributed by atoms with Gasteiger partial charge in [0.25, 0.3) is 0 Å². The quantitative estimate of drug-likeness (QED) is 0.846. The number of nitrogens with one attached hydrogen (secondary N) is 1. The van der Waals surface area contributed by atoms with E-state index in [4.69, 9.17) is 0 Å². The molecule has 20 heavy (non-hydrogen) atoms. The van der Waals surface area contributed by atoms with Gasteiger partial charge in [-0.2, -0.15) is 13.2 Å². The lowest BCUT2D eigenvalue weighted by atomic mass is 10.1. The van der Waals surface area contributed by atoms with Gasteiger partial charge in [0.15, 0.2) is 0 Å². The molecule has 1 rings (SSSR count). The van der Waals surface area contributed by atoms with Gasteiger partial charge in [-0.3, -0.25) is 4.21 Å². The summed E-state index contributed by atoms with van der Waals surface area (Å²) in [6.45, 7) is 1.92. The molecule has 0 saturated heterocycles. The molecule has 0 aliphatic heterocycles. The highest BCUT2D eigenvalue weighted by molar-refractivity contribution is 7.84. The summed E-state index contributed by atoms with van der Waals surface area (Å²) in [5.41, 5.74) is -0.575. The van der Waals surface area contributed by atoms with Crippen LogP contribution < -0.4 is 5.32 Å². The van der Waals surface area contributed by atoms with Gasteiger partial charge in [-0.15, -0.1) is 0 Å². The van der Waals surface area contributed by atoms with E-state index in [0.717, 1.165) is 12.1 Å². The van der Waals surface area contributed by atoms with Crippen LogP contribution in [0.15, 0.2) is 24.3 Å². The predicted molar refractivity (Wildman–Crippen MR) is 72.8 cm³/mol. The molecule has 0 amide bonds. The van der Waals surface area contributed by atoms with Crippen molar-refractivity contribution in [1.29, 1.82) is 0 Å². The first-order valence-electron chi connectivity index (χ1n) is 6.08. The second-order valence-corrected chi connectivity index (χ2v) is 6.17. The Labute approximate surface area is 118 Å². The molecule has 3 nitrogen and oxygen atoms in total. The van der Waals surface area contributed by atoms with E-state index in [0.29, 0.717) is 5.75 Å². The molecule has 0 fully saturated rings. The molecule has 1 aromatic carbocycles. The lowest BCUT2D eigenvalue weighted by molar-refractivity contribution is -0.137. The van der Waals surface area contributed by atoms with Crippen LogP contribution >= 0.6 is 0 Å². The highest BCUT2D eigenvalue weighted by Crippen LogP contribution is 2.30. The molecule has 0 heterocycles. The van der Waals surface area contributed by atoms with Crippen LogP contribution in [0.1, 0.15) is 24.2 Å². The van der Waals surface area contributed by atoms with E-state index < -0.39 is 28.6 Å². The molecule has 2 N–H and O–H groups in total. The van der Waals surface area contributed by atoms with E-state index >= 15 is 0 Å². The standard InChI is InChI=1S/C13H18F3NO2S/c1-9(8-20(2)19)17-7-12(18)10-4-3-5-11(6-10)13(14,15)16/h3-6,9,12,17-18H,7-8H2,1-2H3. The SMILES string of the molecule is CC(CS(C)=O)NCC(O)c1cccc(C(F)(F)F)c1. The van der Waals surface area contributed by atoms with Crippen LogP contribution in [-0.4, -0.2) is 33.9 Å². The van der Waals surface area contributed by atoms with Crippen LogP contribution in [-0.2, 0) is 17.0 Å².